The minimum absolute atomic E-state index is 0.0227. The summed E-state index contributed by atoms with van der Waals surface area (Å²) in [4.78, 5) is 12.4. The van der Waals surface area contributed by atoms with Gasteiger partial charge in [-0.25, -0.2) is 0 Å². The smallest absolute Gasteiger partial charge is 0.195 e. The number of hydrogen-bond donors (Lipinski definition) is 0. The van der Waals surface area contributed by atoms with Crippen LogP contribution in [0.2, 0.25) is 0 Å². The summed E-state index contributed by atoms with van der Waals surface area (Å²) in [6, 6.07) is 5.23. The molecule has 0 aliphatic carbocycles. The predicted molar refractivity (Wildman–Crippen MR) is 67.5 cm³/mol. The lowest BCUT2D eigenvalue weighted by molar-refractivity contribution is 0.0184. The largest absolute Gasteiger partial charge is 0.497 e. The molecule has 1 saturated heterocycles. The van der Waals surface area contributed by atoms with Crippen LogP contribution in [0, 0.1) is 0 Å². The van der Waals surface area contributed by atoms with Gasteiger partial charge in [0, 0.05) is 6.61 Å². The minimum atomic E-state index is -0.347. The Kier molecular flexibility index (Phi) is 4.20. The zero-order valence-electron chi connectivity index (χ0n) is 10.8. The Morgan fingerprint density at radius 2 is 2.11 bits per heavy atom. The molecule has 0 saturated carbocycles. The summed E-state index contributed by atoms with van der Waals surface area (Å²) in [5.41, 5.74) is 0.531. The maximum Gasteiger partial charge on any atom is 0.195 e. The molecule has 1 aliphatic rings. The number of benzene rings is 1. The number of hydrogen-bond acceptors (Lipinski definition) is 4. The number of methoxy groups -OCH3 is 2. The van der Waals surface area contributed by atoms with Crippen LogP contribution in [0.4, 0.5) is 0 Å². The number of carbonyl (C=O) groups is 1. The summed E-state index contributed by atoms with van der Waals surface area (Å²) >= 11 is 0. The van der Waals surface area contributed by atoms with Gasteiger partial charge in [0.25, 0.3) is 0 Å². The molecule has 1 atom stereocenters. The maximum atomic E-state index is 12.4. The molecule has 0 spiro atoms. The van der Waals surface area contributed by atoms with Gasteiger partial charge in [0.2, 0.25) is 0 Å². The molecule has 4 nitrogen and oxygen atoms in total. The van der Waals surface area contributed by atoms with Crippen molar-refractivity contribution in [3.05, 3.63) is 23.8 Å². The fourth-order valence-electron chi connectivity index (χ4n) is 2.13. The Hall–Kier alpha value is -1.55. The van der Waals surface area contributed by atoms with Crippen molar-refractivity contribution in [1.82, 2.24) is 0 Å². The van der Waals surface area contributed by atoms with Gasteiger partial charge in [-0.2, -0.15) is 0 Å². The lowest BCUT2D eigenvalue weighted by atomic mass is 9.99. The van der Waals surface area contributed by atoms with Crippen molar-refractivity contribution in [3.63, 3.8) is 0 Å². The van der Waals surface area contributed by atoms with Crippen LogP contribution < -0.4 is 9.47 Å². The van der Waals surface area contributed by atoms with Gasteiger partial charge in [0.05, 0.1) is 19.8 Å². The first kappa shape index (κ1) is 12.9. The van der Waals surface area contributed by atoms with Crippen LogP contribution in [0.25, 0.3) is 0 Å². The number of ether oxygens (including phenoxy) is 3. The third-order valence-electron chi connectivity index (χ3n) is 3.14. The average Bonchev–Trinajstić information content (AvgIpc) is 2.46. The highest BCUT2D eigenvalue weighted by Crippen LogP contribution is 2.27. The molecule has 0 radical (unpaired) electrons. The second-order valence-corrected chi connectivity index (χ2v) is 4.29. The normalized spacial score (nSPS) is 19.3. The van der Waals surface area contributed by atoms with E-state index in [4.69, 9.17) is 14.2 Å². The fourth-order valence-corrected chi connectivity index (χ4v) is 2.13. The van der Waals surface area contributed by atoms with Crippen molar-refractivity contribution in [2.75, 3.05) is 20.8 Å². The van der Waals surface area contributed by atoms with Crippen LogP contribution in [0.3, 0.4) is 0 Å². The van der Waals surface area contributed by atoms with E-state index in [1.165, 1.54) is 0 Å². The topological polar surface area (TPSA) is 44.8 Å². The van der Waals surface area contributed by atoms with E-state index in [0.717, 1.165) is 19.3 Å². The first-order valence-corrected chi connectivity index (χ1v) is 6.14. The van der Waals surface area contributed by atoms with Gasteiger partial charge in [0.1, 0.15) is 17.6 Å². The van der Waals surface area contributed by atoms with Crippen LogP contribution in [-0.2, 0) is 4.74 Å². The van der Waals surface area contributed by atoms with E-state index in [1.807, 2.05) is 0 Å². The number of Topliss-reactive ketones (excluding diaryl/α,β-unsaturated/α-hetero) is 1. The van der Waals surface area contributed by atoms with Gasteiger partial charge >= 0.3 is 0 Å². The standard InChI is InChI=1S/C14H18O4/c1-16-10-6-7-12(17-2)11(9-10)14(15)13-5-3-4-8-18-13/h6-7,9,13H,3-5,8H2,1-2H3. The van der Waals surface area contributed by atoms with Gasteiger partial charge in [-0.3, -0.25) is 4.79 Å². The summed E-state index contributed by atoms with van der Waals surface area (Å²) in [7, 11) is 3.13. The van der Waals surface area contributed by atoms with Gasteiger partial charge in [-0.1, -0.05) is 0 Å². The average molecular weight is 250 g/mol. The summed E-state index contributed by atoms with van der Waals surface area (Å²) in [5, 5.41) is 0. The highest BCUT2D eigenvalue weighted by Gasteiger charge is 2.26. The zero-order chi connectivity index (χ0) is 13.0. The van der Waals surface area contributed by atoms with Crippen molar-refractivity contribution in [2.24, 2.45) is 0 Å². The van der Waals surface area contributed by atoms with E-state index in [0.29, 0.717) is 23.7 Å². The lowest BCUT2D eigenvalue weighted by Crippen LogP contribution is -2.28. The first-order chi connectivity index (χ1) is 8.76. The molecule has 0 amide bonds. The van der Waals surface area contributed by atoms with E-state index in [9.17, 15) is 4.79 Å². The second kappa shape index (κ2) is 5.87. The molecule has 0 N–H and O–H groups in total. The quantitative estimate of drug-likeness (QED) is 0.770. The Bertz CT molecular complexity index is 422. The molecule has 1 aromatic rings. The monoisotopic (exact) mass is 250 g/mol. The molecule has 0 aromatic heterocycles. The number of carbonyl (C=O) groups excluding carboxylic acids is 1. The Morgan fingerprint density at radius 3 is 2.72 bits per heavy atom. The van der Waals surface area contributed by atoms with E-state index in [1.54, 1.807) is 32.4 Å². The Balaban J connectivity index is 2.26. The van der Waals surface area contributed by atoms with Crippen molar-refractivity contribution in [3.8, 4) is 11.5 Å². The van der Waals surface area contributed by atoms with E-state index < -0.39 is 0 Å². The molecular weight excluding hydrogens is 232 g/mol. The SMILES string of the molecule is COc1ccc(OC)c(C(=O)C2CCCCO2)c1. The van der Waals surface area contributed by atoms with Crippen molar-refractivity contribution in [2.45, 2.75) is 25.4 Å². The molecular formula is C14H18O4. The summed E-state index contributed by atoms with van der Waals surface area (Å²) in [5.74, 6) is 1.19. The van der Waals surface area contributed by atoms with Gasteiger partial charge in [-0.05, 0) is 37.5 Å². The molecule has 1 unspecified atom stereocenters. The molecule has 4 heteroatoms. The van der Waals surface area contributed by atoms with Gasteiger partial charge in [0.15, 0.2) is 5.78 Å². The van der Waals surface area contributed by atoms with Crippen molar-refractivity contribution >= 4 is 5.78 Å². The summed E-state index contributed by atoms with van der Waals surface area (Å²) < 4.78 is 15.9. The van der Waals surface area contributed by atoms with Crippen molar-refractivity contribution < 1.29 is 19.0 Å². The third-order valence-corrected chi connectivity index (χ3v) is 3.14. The zero-order valence-corrected chi connectivity index (χ0v) is 10.8. The Morgan fingerprint density at radius 1 is 1.28 bits per heavy atom. The summed E-state index contributed by atoms with van der Waals surface area (Å²) in [6.45, 7) is 0.655. The second-order valence-electron chi connectivity index (χ2n) is 4.29. The minimum Gasteiger partial charge on any atom is -0.497 e. The van der Waals surface area contributed by atoms with E-state index >= 15 is 0 Å². The maximum absolute atomic E-state index is 12.4. The van der Waals surface area contributed by atoms with Crippen LogP contribution in [-0.4, -0.2) is 32.7 Å². The van der Waals surface area contributed by atoms with E-state index in [-0.39, 0.29) is 11.9 Å². The Labute approximate surface area is 107 Å². The molecule has 98 valence electrons. The van der Waals surface area contributed by atoms with Crippen LogP contribution in [0.15, 0.2) is 18.2 Å². The molecule has 1 aliphatic heterocycles. The van der Waals surface area contributed by atoms with Gasteiger partial charge < -0.3 is 14.2 Å². The highest BCUT2D eigenvalue weighted by atomic mass is 16.5. The number of ketones is 1. The molecule has 1 aromatic carbocycles. The number of rotatable bonds is 4. The summed E-state index contributed by atoms with van der Waals surface area (Å²) in [6.07, 6.45) is 2.49. The van der Waals surface area contributed by atoms with Gasteiger partial charge in [-0.15, -0.1) is 0 Å². The fraction of sp³-hybridized carbons (Fsp3) is 0.500. The molecule has 18 heavy (non-hydrogen) atoms. The predicted octanol–water partition coefficient (Wildman–Crippen LogP) is 2.46. The lowest BCUT2D eigenvalue weighted by Gasteiger charge is -2.22. The van der Waals surface area contributed by atoms with Crippen LogP contribution in [0.5, 0.6) is 11.5 Å². The van der Waals surface area contributed by atoms with Crippen molar-refractivity contribution in [1.29, 1.82) is 0 Å². The molecule has 0 bridgehead atoms. The third kappa shape index (κ3) is 2.64. The van der Waals surface area contributed by atoms with Crippen LogP contribution in [0.1, 0.15) is 29.6 Å². The van der Waals surface area contributed by atoms with E-state index in [2.05, 4.69) is 0 Å². The highest BCUT2D eigenvalue weighted by molar-refractivity contribution is 6.02. The van der Waals surface area contributed by atoms with Crippen LogP contribution >= 0.6 is 0 Å². The first-order valence-electron chi connectivity index (χ1n) is 6.14. The molecule has 1 fully saturated rings. The molecule has 1 heterocycles. The molecule has 2 rings (SSSR count).